The van der Waals surface area contributed by atoms with Crippen LogP contribution in [0, 0.1) is 5.92 Å². The van der Waals surface area contributed by atoms with Gasteiger partial charge in [-0.05, 0) is 30.9 Å². The fourth-order valence-electron chi connectivity index (χ4n) is 3.27. The molecule has 3 nitrogen and oxygen atoms in total. The van der Waals surface area contributed by atoms with Crippen molar-refractivity contribution in [1.29, 1.82) is 0 Å². The Hall–Kier alpha value is -0.900. The summed E-state index contributed by atoms with van der Waals surface area (Å²) < 4.78 is 6.00. The zero-order valence-electron chi connectivity index (χ0n) is 10.8. The van der Waals surface area contributed by atoms with Crippen LogP contribution in [0.25, 0.3) is 0 Å². The number of benzene rings is 1. The molecule has 2 fully saturated rings. The van der Waals surface area contributed by atoms with Crippen LogP contribution in [0.3, 0.4) is 0 Å². The van der Waals surface area contributed by atoms with Gasteiger partial charge < -0.3 is 10.5 Å². The molecule has 2 N–H and O–H groups in total. The van der Waals surface area contributed by atoms with E-state index in [1.165, 1.54) is 5.56 Å². The van der Waals surface area contributed by atoms with Gasteiger partial charge in [-0.15, -0.1) is 0 Å². The quantitative estimate of drug-likeness (QED) is 0.881. The molecule has 2 aliphatic heterocycles. The Balaban J connectivity index is 1.53. The van der Waals surface area contributed by atoms with Crippen LogP contribution in [0.1, 0.15) is 18.4 Å². The molecular formula is C15H22N2O. The third kappa shape index (κ3) is 2.44. The van der Waals surface area contributed by atoms with E-state index in [0.29, 0.717) is 5.92 Å². The van der Waals surface area contributed by atoms with Crippen LogP contribution in [0.2, 0.25) is 0 Å². The van der Waals surface area contributed by atoms with E-state index in [4.69, 9.17) is 10.5 Å². The molecule has 1 spiro atoms. The maximum absolute atomic E-state index is 6.00. The van der Waals surface area contributed by atoms with Gasteiger partial charge in [0.05, 0.1) is 5.60 Å². The van der Waals surface area contributed by atoms with Crippen molar-refractivity contribution >= 4 is 0 Å². The normalized spacial score (nSPS) is 27.1. The van der Waals surface area contributed by atoms with Crippen LogP contribution in [-0.2, 0) is 11.3 Å². The predicted octanol–water partition coefficient (Wildman–Crippen LogP) is 1.63. The fraction of sp³-hybridized carbons (Fsp3) is 0.600. The summed E-state index contributed by atoms with van der Waals surface area (Å²) in [4.78, 5) is 2.47. The summed E-state index contributed by atoms with van der Waals surface area (Å²) in [6.07, 6.45) is 2.28. The van der Waals surface area contributed by atoms with Gasteiger partial charge in [0.1, 0.15) is 0 Å². The number of rotatable bonds is 3. The number of nitrogens with two attached hydrogens (primary N) is 1. The highest BCUT2D eigenvalue weighted by Crippen LogP contribution is 2.37. The van der Waals surface area contributed by atoms with Crippen LogP contribution >= 0.6 is 0 Å². The summed E-state index contributed by atoms with van der Waals surface area (Å²) >= 11 is 0. The van der Waals surface area contributed by atoms with Gasteiger partial charge >= 0.3 is 0 Å². The highest BCUT2D eigenvalue weighted by atomic mass is 16.5. The zero-order chi connectivity index (χ0) is 12.4. The standard InChI is InChI=1S/C15H22N2O/c16-9-14-6-7-18-15(8-14)11-17(12-15)10-13-4-2-1-3-5-13/h1-5,14H,6-12,16H2. The zero-order valence-corrected chi connectivity index (χ0v) is 10.8. The molecule has 2 saturated heterocycles. The van der Waals surface area contributed by atoms with Crippen molar-refractivity contribution < 1.29 is 4.74 Å². The van der Waals surface area contributed by atoms with E-state index >= 15 is 0 Å². The molecule has 1 aromatic carbocycles. The molecule has 0 aliphatic carbocycles. The second-order valence-electron chi connectivity index (χ2n) is 5.76. The molecule has 3 rings (SSSR count). The Kier molecular flexibility index (Phi) is 3.37. The van der Waals surface area contributed by atoms with Gasteiger partial charge in [-0.2, -0.15) is 0 Å². The molecule has 2 aliphatic rings. The maximum atomic E-state index is 6.00. The SMILES string of the molecule is NCC1CCOC2(C1)CN(Cc1ccccc1)C2. The summed E-state index contributed by atoms with van der Waals surface area (Å²) in [6.45, 7) is 4.88. The second kappa shape index (κ2) is 5.00. The van der Waals surface area contributed by atoms with E-state index in [9.17, 15) is 0 Å². The monoisotopic (exact) mass is 246 g/mol. The Morgan fingerprint density at radius 1 is 1.28 bits per heavy atom. The highest BCUT2D eigenvalue weighted by Gasteiger charge is 2.46. The average Bonchev–Trinajstić information content (AvgIpc) is 2.38. The van der Waals surface area contributed by atoms with Gasteiger partial charge in [-0.3, -0.25) is 4.90 Å². The van der Waals surface area contributed by atoms with Crippen molar-refractivity contribution in [1.82, 2.24) is 4.90 Å². The molecule has 98 valence electrons. The molecule has 0 amide bonds. The number of ether oxygens (including phenoxy) is 1. The van der Waals surface area contributed by atoms with Crippen LogP contribution in [0.5, 0.6) is 0 Å². The van der Waals surface area contributed by atoms with E-state index in [-0.39, 0.29) is 5.60 Å². The molecule has 3 heteroatoms. The van der Waals surface area contributed by atoms with Crippen molar-refractivity contribution in [2.75, 3.05) is 26.2 Å². The molecule has 1 atom stereocenters. The molecule has 1 unspecified atom stereocenters. The molecular weight excluding hydrogens is 224 g/mol. The van der Waals surface area contributed by atoms with Crippen LogP contribution in [0.4, 0.5) is 0 Å². The lowest BCUT2D eigenvalue weighted by atomic mass is 9.80. The first kappa shape index (κ1) is 12.2. The molecule has 0 aromatic heterocycles. The largest absolute Gasteiger partial charge is 0.372 e. The van der Waals surface area contributed by atoms with E-state index < -0.39 is 0 Å². The van der Waals surface area contributed by atoms with Crippen LogP contribution < -0.4 is 5.73 Å². The fourth-order valence-corrected chi connectivity index (χ4v) is 3.27. The first-order chi connectivity index (χ1) is 8.80. The topological polar surface area (TPSA) is 38.5 Å². The molecule has 1 aromatic rings. The summed E-state index contributed by atoms with van der Waals surface area (Å²) in [5.74, 6) is 0.664. The maximum Gasteiger partial charge on any atom is 0.0938 e. The highest BCUT2D eigenvalue weighted by molar-refractivity contribution is 5.15. The van der Waals surface area contributed by atoms with Gasteiger partial charge in [0, 0.05) is 26.2 Å². The third-order valence-corrected chi connectivity index (χ3v) is 4.20. The van der Waals surface area contributed by atoms with Gasteiger partial charge in [-0.1, -0.05) is 30.3 Å². The van der Waals surface area contributed by atoms with Gasteiger partial charge in [0.25, 0.3) is 0 Å². The lowest BCUT2D eigenvalue weighted by Crippen LogP contribution is -2.65. The van der Waals surface area contributed by atoms with Gasteiger partial charge in [0.2, 0.25) is 0 Å². The summed E-state index contributed by atoms with van der Waals surface area (Å²) in [5.41, 5.74) is 7.30. The van der Waals surface area contributed by atoms with E-state index in [1.807, 2.05) is 0 Å². The Labute approximate surface area is 109 Å². The first-order valence-electron chi connectivity index (χ1n) is 6.90. The predicted molar refractivity (Wildman–Crippen MR) is 72.2 cm³/mol. The van der Waals surface area contributed by atoms with Crippen molar-refractivity contribution in [2.24, 2.45) is 11.7 Å². The van der Waals surface area contributed by atoms with E-state index in [0.717, 1.165) is 45.6 Å². The third-order valence-electron chi connectivity index (χ3n) is 4.20. The minimum atomic E-state index is 0.122. The average molecular weight is 246 g/mol. The number of nitrogens with zero attached hydrogens (tertiary/aromatic N) is 1. The first-order valence-corrected chi connectivity index (χ1v) is 6.90. The lowest BCUT2D eigenvalue weighted by Gasteiger charge is -2.53. The smallest absolute Gasteiger partial charge is 0.0938 e. The summed E-state index contributed by atoms with van der Waals surface area (Å²) in [5, 5.41) is 0. The van der Waals surface area contributed by atoms with Crippen molar-refractivity contribution in [3.8, 4) is 0 Å². The minimum Gasteiger partial charge on any atom is -0.372 e. The minimum absolute atomic E-state index is 0.122. The Morgan fingerprint density at radius 3 is 2.78 bits per heavy atom. The van der Waals surface area contributed by atoms with Crippen molar-refractivity contribution in [2.45, 2.75) is 25.0 Å². The van der Waals surface area contributed by atoms with Crippen molar-refractivity contribution in [3.05, 3.63) is 35.9 Å². The number of hydrogen-bond donors (Lipinski definition) is 1. The van der Waals surface area contributed by atoms with Gasteiger partial charge in [-0.25, -0.2) is 0 Å². The molecule has 18 heavy (non-hydrogen) atoms. The van der Waals surface area contributed by atoms with Gasteiger partial charge in [0.15, 0.2) is 0 Å². The number of likely N-dealkylation sites (tertiary alicyclic amines) is 1. The van der Waals surface area contributed by atoms with Crippen molar-refractivity contribution in [3.63, 3.8) is 0 Å². The summed E-state index contributed by atoms with van der Waals surface area (Å²) in [7, 11) is 0. The number of hydrogen-bond acceptors (Lipinski definition) is 3. The van der Waals surface area contributed by atoms with Crippen LogP contribution in [0.15, 0.2) is 30.3 Å². The Morgan fingerprint density at radius 2 is 2.06 bits per heavy atom. The van der Waals surface area contributed by atoms with E-state index in [1.54, 1.807) is 0 Å². The summed E-state index contributed by atoms with van der Waals surface area (Å²) in [6, 6.07) is 10.7. The molecule has 0 saturated carbocycles. The lowest BCUT2D eigenvalue weighted by molar-refractivity contribution is -0.180. The second-order valence-corrected chi connectivity index (χ2v) is 5.76. The van der Waals surface area contributed by atoms with Crippen LogP contribution in [-0.4, -0.2) is 36.7 Å². The Bertz CT molecular complexity index is 387. The molecule has 0 radical (unpaired) electrons. The van der Waals surface area contributed by atoms with E-state index in [2.05, 4.69) is 35.2 Å². The molecule has 0 bridgehead atoms. The molecule has 2 heterocycles.